The number of aliphatic imine (C=N–C) groups is 1. The van der Waals surface area contributed by atoms with E-state index < -0.39 is 0 Å². The van der Waals surface area contributed by atoms with Crippen LogP contribution in [-0.4, -0.2) is 67.6 Å². The van der Waals surface area contributed by atoms with Gasteiger partial charge in [0, 0.05) is 73.3 Å². The van der Waals surface area contributed by atoms with E-state index in [0.717, 1.165) is 89.6 Å². The summed E-state index contributed by atoms with van der Waals surface area (Å²) >= 11 is 0. The summed E-state index contributed by atoms with van der Waals surface area (Å²) in [4.78, 5) is 24.0. The summed E-state index contributed by atoms with van der Waals surface area (Å²) in [5.41, 5.74) is 12.2. The number of benzene rings is 2. The first kappa shape index (κ1) is 27.0. The Balaban J connectivity index is 1.11. The van der Waals surface area contributed by atoms with Crippen molar-refractivity contribution in [1.82, 2.24) is 29.2 Å². The Morgan fingerprint density at radius 3 is 2.56 bits per heavy atom. The number of pyridine rings is 1. The van der Waals surface area contributed by atoms with Crippen molar-refractivity contribution in [3.8, 4) is 22.5 Å². The highest BCUT2D eigenvalue weighted by atomic mass is 15.3. The van der Waals surface area contributed by atoms with Gasteiger partial charge in [0.15, 0.2) is 0 Å². The normalized spacial score (nSPS) is 19.5. The number of aromatic nitrogens is 4. The molecule has 5 aromatic rings. The molecule has 0 spiro atoms. The maximum absolute atomic E-state index is 6.48. The number of fused-ring (bicyclic) bond motifs is 2. The molecule has 0 radical (unpaired) electrons. The largest absolute Gasteiger partial charge is 0.382 e. The minimum absolute atomic E-state index is 0.370. The van der Waals surface area contributed by atoms with Crippen molar-refractivity contribution < 1.29 is 0 Å². The molecular weight excluding hydrogens is 532 g/mol. The third-order valence-electron chi connectivity index (χ3n) is 8.82. The lowest BCUT2D eigenvalue weighted by molar-refractivity contribution is 0.0607. The molecule has 1 aliphatic heterocycles. The standard InChI is InChI=1S/C35H36N8/c1-3-4-14-37-24(2)41-17-19-42(20-18-41)29-21-28(22-29)35-40-32(33-34(36)38-15-16-43(33)35)27-11-10-26-12-13-30(39-31(26)23-27)25-8-6-5-7-9-25/h3-16,23,28-29H,2,17-22H2,1H3,(H2,36,38)/b4-3-,37-14-/t28-,29+. The number of nitrogens with two attached hydrogens (primary N) is 1. The fourth-order valence-electron chi connectivity index (χ4n) is 6.35. The molecule has 43 heavy (non-hydrogen) atoms. The Hall–Kier alpha value is -4.82. The monoisotopic (exact) mass is 568 g/mol. The van der Waals surface area contributed by atoms with E-state index in [0.29, 0.717) is 17.8 Å². The van der Waals surface area contributed by atoms with E-state index in [9.17, 15) is 0 Å². The van der Waals surface area contributed by atoms with E-state index in [4.69, 9.17) is 15.7 Å². The van der Waals surface area contributed by atoms with E-state index in [-0.39, 0.29) is 0 Å². The predicted octanol–water partition coefficient (Wildman–Crippen LogP) is 6.18. The molecule has 0 bridgehead atoms. The topological polar surface area (TPSA) is 87.9 Å². The van der Waals surface area contributed by atoms with E-state index in [1.165, 1.54) is 0 Å². The minimum atomic E-state index is 0.370. The Morgan fingerprint density at radius 1 is 0.977 bits per heavy atom. The van der Waals surface area contributed by atoms with Gasteiger partial charge in [0.1, 0.15) is 28.7 Å². The lowest BCUT2D eigenvalue weighted by Crippen LogP contribution is -2.53. The fourth-order valence-corrected chi connectivity index (χ4v) is 6.35. The minimum Gasteiger partial charge on any atom is -0.382 e. The molecule has 2 aliphatic rings. The van der Waals surface area contributed by atoms with Gasteiger partial charge in [0.05, 0.1) is 11.2 Å². The van der Waals surface area contributed by atoms with Gasteiger partial charge in [-0.05, 0) is 38.0 Å². The SMILES string of the molecule is C=C(/N=C\C=C/C)N1CCN([C@H]2C[C@@H](c3nc(-c4ccc5ccc(-c6ccccc6)nc5c4)c4c(N)nccn43)C2)CC1. The van der Waals surface area contributed by atoms with Crippen LogP contribution in [0.15, 0.2) is 103 Å². The molecule has 216 valence electrons. The molecule has 8 heteroatoms. The van der Waals surface area contributed by atoms with Crippen molar-refractivity contribution in [1.29, 1.82) is 0 Å². The number of imidazole rings is 1. The first-order valence-electron chi connectivity index (χ1n) is 15.0. The maximum Gasteiger partial charge on any atom is 0.150 e. The summed E-state index contributed by atoms with van der Waals surface area (Å²) in [6, 6.07) is 21.4. The van der Waals surface area contributed by atoms with E-state index in [1.807, 2.05) is 49.7 Å². The third-order valence-corrected chi connectivity index (χ3v) is 8.82. The molecular formula is C35H36N8. The van der Waals surface area contributed by atoms with Gasteiger partial charge in [-0.3, -0.25) is 9.30 Å². The van der Waals surface area contributed by atoms with Gasteiger partial charge in [-0.2, -0.15) is 0 Å². The van der Waals surface area contributed by atoms with Gasteiger partial charge in [-0.15, -0.1) is 0 Å². The van der Waals surface area contributed by atoms with Crippen LogP contribution in [0.5, 0.6) is 0 Å². The van der Waals surface area contributed by atoms with Gasteiger partial charge in [0.25, 0.3) is 0 Å². The first-order valence-corrected chi connectivity index (χ1v) is 15.0. The summed E-state index contributed by atoms with van der Waals surface area (Å²) in [6.07, 6.45) is 11.7. The number of piperazine rings is 1. The van der Waals surface area contributed by atoms with Crippen molar-refractivity contribution >= 4 is 28.5 Å². The quantitative estimate of drug-likeness (QED) is 0.236. The molecule has 2 fully saturated rings. The second-order valence-electron chi connectivity index (χ2n) is 11.4. The molecule has 0 atom stereocenters. The van der Waals surface area contributed by atoms with Crippen LogP contribution in [-0.2, 0) is 0 Å². The molecule has 2 aromatic carbocycles. The van der Waals surface area contributed by atoms with Crippen LogP contribution < -0.4 is 5.73 Å². The fraction of sp³-hybridized carbons (Fsp3) is 0.257. The van der Waals surface area contributed by atoms with Crippen LogP contribution >= 0.6 is 0 Å². The zero-order chi connectivity index (χ0) is 29.3. The summed E-state index contributed by atoms with van der Waals surface area (Å²) < 4.78 is 2.15. The summed E-state index contributed by atoms with van der Waals surface area (Å²) in [7, 11) is 0. The smallest absolute Gasteiger partial charge is 0.150 e. The number of anilines is 1. The summed E-state index contributed by atoms with van der Waals surface area (Å²) in [5, 5.41) is 1.09. The lowest BCUT2D eigenvalue weighted by Gasteiger charge is -2.46. The number of hydrogen-bond acceptors (Lipinski definition) is 7. The molecule has 1 saturated carbocycles. The van der Waals surface area contributed by atoms with Gasteiger partial charge < -0.3 is 10.6 Å². The van der Waals surface area contributed by atoms with Crippen molar-refractivity contribution in [3.05, 3.63) is 103 Å². The second-order valence-corrected chi connectivity index (χ2v) is 11.4. The van der Waals surface area contributed by atoms with E-state index >= 15 is 0 Å². The van der Waals surface area contributed by atoms with E-state index in [2.05, 4.69) is 73.2 Å². The third kappa shape index (κ3) is 5.19. The number of nitrogens with zero attached hydrogens (tertiary/aromatic N) is 7. The number of hydrogen-bond donors (Lipinski definition) is 1. The molecule has 8 nitrogen and oxygen atoms in total. The first-order chi connectivity index (χ1) is 21.1. The van der Waals surface area contributed by atoms with Crippen molar-refractivity contribution in [2.75, 3.05) is 31.9 Å². The molecule has 4 heterocycles. The molecule has 0 unspecified atom stereocenters. The van der Waals surface area contributed by atoms with E-state index in [1.54, 1.807) is 6.20 Å². The van der Waals surface area contributed by atoms with Gasteiger partial charge in [-0.1, -0.05) is 61.2 Å². The number of allylic oxidation sites excluding steroid dienone is 2. The molecule has 2 N–H and O–H groups in total. The van der Waals surface area contributed by atoms with Crippen molar-refractivity contribution in [3.63, 3.8) is 0 Å². The van der Waals surface area contributed by atoms with Crippen LogP contribution in [0.2, 0.25) is 0 Å². The maximum atomic E-state index is 6.48. The molecule has 7 rings (SSSR count). The van der Waals surface area contributed by atoms with Crippen molar-refractivity contribution in [2.24, 2.45) is 4.99 Å². The molecule has 1 aliphatic carbocycles. The zero-order valence-corrected chi connectivity index (χ0v) is 24.5. The van der Waals surface area contributed by atoms with Crippen molar-refractivity contribution in [2.45, 2.75) is 31.7 Å². The van der Waals surface area contributed by atoms with Gasteiger partial charge in [0.2, 0.25) is 0 Å². The summed E-state index contributed by atoms with van der Waals surface area (Å²) in [5.74, 6) is 2.76. The average Bonchev–Trinajstić information content (AvgIpc) is 3.41. The van der Waals surface area contributed by atoms with Crippen LogP contribution in [0.4, 0.5) is 5.82 Å². The highest BCUT2D eigenvalue weighted by molar-refractivity contribution is 5.91. The van der Waals surface area contributed by atoms with Gasteiger partial charge >= 0.3 is 0 Å². The van der Waals surface area contributed by atoms with Crippen LogP contribution in [0.1, 0.15) is 31.5 Å². The molecule has 0 amide bonds. The zero-order valence-electron chi connectivity index (χ0n) is 24.5. The van der Waals surface area contributed by atoms with Crippen LogP contribution in [0.3, 0.4) is 0 Å². The lowest BCUT2D eigenvalue weighted by atomic mass is 9.78. The summed E-state index contributed by atoms with van der Waals surface area (Å²) in [6.45, 7) is 10.1. The highest BCUT2D eigenvalue weighted by Crippen LogP contribution is 2.42. The Morgan fingerprint density at radius 2 is 1.77 bits per heavy atom. The predicted molar refractivity (Wildman–Crippen MR) is 175 cm³/mol. The number of rotatable bonds is 7. The highest BCUT2D eigenvalue weighted by Gasteiger charge is 2.38. The Labute approximate surface area is 251 Å². The second kappa shape index (κ2) is 11.5. The molecule has 1 saturated heterocycles. The van der Waals surface area contributed by atoms with Gasteiger partial charge in [-0.25, -0.2) is 19.9 Å². The Bertz CT molecular complexity index is 1840. The average molecular weight is 569 g/mol. The van der Waals surface area contributed by atoms with Crippen LogP contribution in [0.25, 0.3) is 38.9 Å². The van der Waals surface area contributed by atoms with Crippen LogP contribution in [0, 0.1) is 0 Å². The molecule has 3 aromatic heterocycles. The Kier molecular flexibility index (Phi) is 7.20. The number of nitrogen functional groups attached to an aromatic ring is 1.